The summed E-state index contributed by atoms with van der Waals surface area (Å²) in [6.45, 7) is 1.95. The zero-order chi connectivity index (χ0) is 15.1. The van der Waals surface area contributed by atoms with Crippen LogP contribution in [0.2, 0.25) is 0 Å². The Bertz CT molecular complexity index is 586. The molecular formula is C17H19NOS2. The smallest absolute Gasteiger partial charge is 0.237 e. The van der Waals surface area contributed by atoms with E-state index in [0.29, 0.717) is 0 Å². The molecule has 0 bridgehead atoms. The van der Waals surface area contributed by atoms with Crippen molar-refractivity contribution in [2.45, 2.75) is 22.8 Å². The molecule has 0 unspecified atom stereocenters. The van der Waals surface area contributed by atoms with E-state index in [2.05, 4.69) is 17.4 Å². The molecule has 4 heteroatoms. The number of hydrogen-bond donors (Lipinski definition) is 1. The topological polar surface area (TPSA) is 29.1 Å². The van der Waals surface area contributed by atoms with Crippen molar-refractivity contribution in [1.82, 2.24) is 0 Å². The molecule has 0 radical (unpaired) electrons. The van der Waals surface area contributed by atoms with Crippen LogP contribution in [-0.4, -0.2) is 17.4 Å². The molecule has 21 heavy (non-hydrogen) atoms. The van der Waals surface area contributed by atoms with E-state index in [1.165, 1.54) is 5.56 Å². The fourth-order valence-corrected chi connectivity index (χ4v) is 3.25. The molecule has 0 aliphatic carbocycles. The first-order chi connectivity index (χ1) is 10.2. The maximum atomic E-state index is 12.3. The summed E-state index contributed by atoms with van der Waals surface area (Å²) >= 11 is 3.29. The molecule has 110 valence electrons. The van der Waals surface area contributed by atoms with Gasteiger partial charge in [-0.25, -0.2) is 0 Å². The van der Waals surface area contributed by atoms with Gasteiger partial charge in [-0.3, -0.25) is 4.79 Å². The van der Waals surface area contributed by atoms with Gasteiger partial charge in [0.25, 0.3) is 0 Å². The normalized spacial score (nSPS) is 11.9. The second-order valence-electron chi connectivity index (χ2n) is 4.63. The van der Waals surface area contributed by atoms with Gasteiger partial charge in [0.05, 0.1) is 10.9 Å². The number of amides is 1. The highest BCUT2D eigenvalue weighted by atomic mass is 32.2. The van der Waals surface area contributed by atoms with Gasteiger partial charge in [-0.2, -0.15) is 0 Å². The lowest BCUT2D eigenvalue weighted by Gasteiger charge is -2.14. The maximum Gasteiger partial charge on any atom is 0.237 e. The minimum Gasteiger partial charge on any atom is -0.324 e. The molecule has 0 aliphatic heterocycles. The summed E-state index contributed by atoms with van der Waals surface area (Å²) in [5.41, 5.74) is 2.13. The Morgan fingerprint density at radius 2 is 1.76 bits per heavy atom. The first-order valence-electron chi connectivity index (χ1n) is 6.80. The van der Waals surface area contributed by atoms with Crippen LogP contribution in [-0.2, 0) is 10.5 Å². The molecule has 0 heterocycles. The molecule has 1 N–H and O–H groups in total. The van der Waals surface area contributed by atoms with E-state index in [9.17, 15) is 4.79 Å². The molecule has 0 aromatic heterocycles. The highest BCUT2D eigenvalue weighted by Crippen LogP contribution is 2.26. The van der Waals surface area contributed by atoms with E-state index in [1.807, 2.05) is 55.6 Å². The number of carbonyl (C=O) groups is 1. The van der Waals surface area contributed by atoms with Crippen LogP contribution in [0.25, 0.3) is 0 Å². The monoisotopic (exact) mass is 317 g/mol. The third kappa shape index (κ3) is 4.83. The Labute approximate surface area is 134 Å². The molecule has 2 aromatic rings. The second-order valence-corrected chi connectivity index (χ2v) is 6.81. The van der Waals surface area contributed by atoms with Gasteiger partial charge in [0, 0.05) is 10.6 Å². The Morgan fingerprint density at radius 3 is 2.48 bits per heavy atom. The summed E-state index contributed by atoms with van der Waals surface area (Å²) < 4.78 is 0. The summed E-state index contributed by atoms with van der Waals surface area (Å²) in [5.74, 6) is 0.900. The van der Waals surface area contributed by atoms with Gasteiger partial charge < -0.3 is 5.32 Å². The lowest BCUT2D eigenvalue weighted by Crippen LogP contribution is -2.22. The predicted octanol–water partition coefficient (Wildman–Crippen LogP) is 4.67. The van der Waals surface area contributed by atoms with E-state index >= 15 is 0 Å². The van der Waals surface area contributed by atoms with Crippen molar-refractivity contribution >= 4 is 35.1 Å². The SMILES string of the molecule is CSc1ccccc1NC(=O)[C@H](C)SCc1ccccc1. The van der Waals surface area contributed by atoms with Crippen molar-refractivity contribution in [2.24, 2.45) is 0 Å². The summed E-state index contributed by atoms with van der Waals surface area (Å²) in [7, 11) is 0. The van der Waals surface area contributed by atoms with Gasteiger partial charge in [-0.1, -0.05) is 42.5 Å². The molecule has 0 aliphatic rings. The highest BCUT2D eigenvalue weighted by molar-refractivity contribution is 7.99. The molecule has 2 aromatic carbocycles. The summed E-state index contributed by atoms with van der Waals surface area (Å²) in [6.07, 6.45) is 2.01. The van der Waals surface area contributed by atoms with Crippen LogP contribution in [0.15, 0.2) is 59.5 Å². The number of thioether (sulfide) groups is 2. The fraction of sp³-hybridized carbons (Fsp3) is 0.235. The van der Waals surface area contributed by atoms with Crippen LogP contribution >= 0.6 is 23.5 Å². The van der Waals surface area contributed by atoms with Crippen LogP contribution in [0.1, 0.15) is 12.5 Å². The number of rotatable bonds is 6. The molecule has 0 saturated carbocycles. The van der Waals surface area contributed by atoms with Gasteiger partial charge in [-0.15, -0.1) is 23.5 Å². The van der Waals surface area contributed by atoms with Crippen LogP contribution in [0.5, 0.6) is 0 Å². The molecule has 0 saturated heterocycles. The summed E-state index contributed by atoms with van der Waals surface area (Å²) in [6, 6.07) is 18.1. The van der Waals surface area contributed by atoms with E-state index in [1.54, 1.807) is 23.5 Å². The van der Waals surface area contributed by atoms with Crippen molar-refractivity contribution in [1.29, 1.82) is 0 Å². The summed E-state index contributed by atoms with van der Waals surface area (Å²) in [4.78, 5) is 13.3. The molecule has 0 fully saturated rings. The largest absolute Gasteiger partial charge is 0.324 e. The van der Waals surface area contributed by atoms with Crippen molar-refractivity contribution < 1.29 is 4.79 Å². The number of para-hydroxylation sites is 1. The Hall–Kier alpha value is -1.39. The molecule has 2 rings (SSSR count). The molecule has 1 amide bonds. The van der Waals surface area contributed by atoms with Crippen molar-refractivity contribution in [3.63, 3.8) is 0 Å². The molecule has 0 spiro atoms. The Kier molecular flexibility index (Phi) is 6.21. The molecular weight excluding hydrogens is 298 g/mol. The van der Waals surface area contributed by atoms with Crippen LogP contribution in [0, 0.1) is 0 Å². The minimum absolute atomic E-state index is 0.0532. The quantitative estimate of drug-likeness (QED) is 0.785. The first-order valence-corrected chi connectivity index (χ1v) is 9.07. The van der Waals surface area contributed by atoms with Crippen LogP contribution in [0.4, 0.5) is 5.69 Å². The minimum atomic E-state index is -0.0832. The Balaban J connectivity index is 1.90. The van der Waals surface area contributed by atoms with Gasteiger partial charge >= 0.3 is 0 Å². The standard InChI is InChI=1S/C17H19NOS2/c1-13(21-12-14-8-4-3-5-9-14)17(19)18-15-10-6-7-11-16(15)20-2/h3-11,13H,12H2,1-2H3,(H,18,19)/t13-/m0/s1. The maximum absolute atomic E-state index is 12.3. The Morgan fingerprint density at radius 1 is 1.10 bits per heavy atom. The van der Waals surface area contributed by atoms with Gasteiger partial charge in [0.2, 0.25) is 5.91 Å². The number of benzene rings is 2. The number of hydrogen-bond acceptors (Lipinski definition) is 3. The predicted molar refractivity (Wildman–Crippen MR) is 94.1 cm³/mol. The lowest BCUT2D eigenvalue weighted by atomic mass is 10.2. The zero-order valence-electron chi connectivity index (χ0n) is 12.2. The molecule has 2 nitrogen and oxygen atoms in total. The third-order valence-electron chi connectivity index (χ3n) is 3.08. The average Bonchev–Trinajstić information content (AvgIpc) is 2.54. The number of anilines is 1. The second kappa shape index (κ2) is 8.15. The average molecular weight is 317 g/mol. The number of nitrogens with one attached hydrogen (secondary N) is 1. The van der Waals surface area contributed by atoms with Crippen LogP contribution in [0.3, 0.4) is 0 Å². The fourth-order valence-electron chi connectivity index (χ4n) is 1.85. The van der Waals surface area contributed by atoms with Gasteiger partial charge in [-0.05, 0) is 30.9 Å². The number of carbonyl (C=O) groups excluding carboxylic acids is 1. The molecule has 1 atom stereocenters. The van der Waals surface area contributed by atoms with E-state index in [4.69, 9.17) is 0 Å². The van der Waals surface area contributed by atoms with Crippen molar-refractivity contribution in [3.8, 4) is 0 Å². The van der Waals surface area contributed by atoms with E-state index in [-0.39, 0.29) is 11.2 Å². The highest BCUT2D eigenvalue weighted by Gasteiger charge is 2.14. The summed E-state index contributed by atoms with van der Waals surface area (Å²) in [5, 5.41) is 2.93. The van der Waals surface area contributed by atoms with E-state index < -0.39 is 0 Å². The van der Waals surface area contributed by atoms with Crippen LogP contribution < -0.4 is 5.32 Å². The lowest BCUT2D eigenvalue weighted by molar-refractivity contribution is -0.115. The first kappa shape index (κ1) is 16.0. The van der Waals surface area contributed by atoms with Gasteiger partial charge in [0.15, 0.2) is 0 Å². The van der Waals surface area contributed by atoms with Crippen molar-refractivity contribution in [2.75, 3.05) is 11.6 Å². The van der Waals surface area contributed by atoms with Crippen molar-refractivity contribution in [3.05, 3.63) is 60.2 Å². The zero-order valence-corrected chi connectivity index (χ0v) is 13.8. The van der Waals surface area contributed by atoms with E-state index in [0.717, 1.165) is 16.3 Å². The third-order valence-corrected chi connectivity index (χ3v) is 5.09. The van der Waals surface area contributed by atoms with Gasteiger partial charge in [0.1, 0.15) is 0 Å².